The minimum absolute atomic E-state index is 0.0573. The van der Waals surface area contributed by atoms with Crippen LogP contribution in [0.2, 0.25) is 0 Å². The third kappa shape index (κ3) is 2.74. The lowest BCUT2D eigenvalue weighted by molar-refractivity contribution is -0.383. The third-order valence-electron chi connectivity index (χ3n) is 5.58. The molecule has 27 heavy (non-hydrogen) atoms. The molecule has 1 unspecified atom stereocenters. The molecule has 3 aromatic rings. The van der Waals surface area contributed by atoms with Gasteiger partial charge >= 0.3 is 0 Å². The van der Waals surface area contributed by atoms with E-state index >= 15 is 0 Å². The van der Waals surface area contributed by atoms with Crippen LogP contribution >= 0.6 is 0 Å². The summed E-state index contributed by atoms with van der Waals surface area (Å²) < 4.78 is 1.93. The van der Waals surface area contributed by atoms with Crippen LogP contribution < -0.4 is 4.90 Å². The Morgan fingerprint density at radius 3 is 2.70 bits per heavy atom. The molecular formula is C20H23N5O2. The van der Waals surface area contributed by atoms with Gasteiger partial charge in [-0.05, 0) is 39.7 Å². The number of nitro benzene ring substituents is 1. The molecule has 1 atom stereocenters. The van der Waals surface area contributed by atoms with E-state index in [0.29, 0.717) is 5.52 Å². The number of rotatable bonds is 3. The lowest BCUT2D eigenvalue weighted by Crippen LogP contribution is -2.24. The third-order valence-corrected chi connectivity index (χ3v) is 5.58. The van der Waals surface area contributed by atoms with Gasteiger partial charge in [-0.2, -0.15) is 5.10 Å². The lowest BCUT2D eigenvalue weighted by atomic mass is 10.0. The molecule has 4 rings (SSSR count). The molecule has 7 heteroatoms. The zero-order valence-corrected chi connectivity index (χ0v) is 16.1. The number of nitro groups is 1. The fraction of sp³-hybridized carbons (Fsp3) is 0.400. The summed E-state index contributed by atoms with van der Waals surface area (Å²) in [5.41, 5.74) is 5.81. The first-order valence-electron chi connectivity index (χ1n) is 9.20. The Kier molecular flexibility index (Phi) is 4.09. The van der Waals surface area contributed by atoms with E-state index in [-0.39, 0.29) is 16.7 Å². The predicted molar refractivity (Wildman–Crippen MR) is 105 cm³/mol. The number of hydrogen-bond acceptors (Lipinski definition) is 5. The molecule has 0 N–H and O–H groups in total. The Balaban J connectivity index is 1.91. The number of fused-ring (bicyclic) bond motifs is 1. The summed E-state index contributed by atoms with van der Waals surface area (Å²) in [5.74, 6) is 0. The van der Waals surface area contributed by atoms with Gasteiger partial charge in [0.15, 0.2) is 5.52 Å². The van der Waals surface area contributed by atoms with Crippen molar-refractivity contribution in [3.05, 3.63) is 57.0 Å². The summed E-state index contributed by atoms with van der Waals surface area (Å²) >= 11 is 0. The van der Waals surface area contributed by atoms with Gasteiger partial charge in [-0.25, -0.2) is 4.98 Å². The molecule has 0 saturated carbocycles. The number of aryl methyl sites for hydroxylation is 3. The number of pyridine rings is 1. The van der Waals surface area contributed by atoms with Gasteiger partial charge in [0.05, 0.1) is 16.7 Å². The number of non-ortho nitro benzene ring substituents is 1. The van der Waals surface area contributed by atoms with Crippen LogP contribution in [0.3, 0.4) is 0 Å². The highest BCUT2D eigenvalue weighted by Gasteiger charge is 2.32. The summed E-state index contributed by atoms with van der Waals surface area (Å²) in [4.78, 5) is 18.0. The summed E-state index contributed by atoms with van der Waals surface area (Å²) in [6, 6.07) is 7.47. The Hall–Kier alpha value is -2.96. The smallest absolute Gasteiger partial charge is 0.295 e. The molecule has 1 fully saturated rings. The van der Waals surface area contributed by atoms with E-state index in [1.165, 1.54) is 17.3 Å². The van der Waals surface area contributed by atoms with Crippen LogP contribution in [0.5, 0.6) is 0 Å². The van der Waals surface area contributed by atoms with E-state index in [1.807, 2.05) is 30.8 Å². The van der Waals surface area contributed by atoms with Gasteiger partial charge in [-0.1, -0.05) is 12.1 Å². The van der Waals surface area contributed by atoms with Crippen molar-refractivity contribution in [3.8, 4) is 0 Å². The van der Waals surface area contributed by atoms with Crippen LogP contribution in [-0.2, 0) is 7.05 Å². The van der Waals surface area contributed by atoms with Crippen molar-refractivity contribution in [3.63, 3.8) is 0 Å². The van der Waals surface area contributed by atoms with Crippen LogP contribution in [0.15, 0.2) is 24.3 Å². The van der Waals surface area contributed by atoms with Crippen LogP contribution in [0.1, 0.15) is 41.5 Å². The molecule has 1 aromatic carbocycles. The highest BCUT2D eigenvalue weighted by atomic mass is 16.6. The average Bonchev–Trinajstić information content (AvgIpc) is 3.18. The fourth-order valence-corrected chi connectivity index (χ4v) is 4.35. The SMILES string of the molecule is Cc1cc(N2CCCC2c2c(C)nn(C)c2C)c2cccc([N+](=O)[O-])c2n1. The summed E-state index contributed by atoms with van der Waals surface area (Å²) in [6.07, 6.45) is 2.13. The van der Waals surface area contributed by atoms with Gasteiger partial charge in [0.1, 0.15) is 0 Å². The van der Waals surface area contributed by atoms with Crippen molar-refractivity contribution in [1.82, 2.24) is 14.8 Å². The van der Waals surface area contributed by atoms with Crippen molar-refractivity contribution in [2.45, 2.75) is 39.7 Å². The van der Waals surface area contributed by atoms with Crippen molar-refractivity contribution in [1.29, 1.82) is 0 Å². The summed E-state index contributed by atoms with van der Waals surface area (Å²) in [6.45, 7) is 6.97. The van der Waals surface area contributed by atoms with Crippen LogP contribution in [-0.4, -0.2) is 26.2 Å². The molecule has 1 aliphatic heterocycles. The number of para-hydroxylation sites is 1. The maximum atomic E-state index is 11.5. The molecule has 3 heterocycles. The van der Waals surface area contributed by atoms with Gasteiger partial charge in [0.2, 0.25) is 0 Å². The Bertz CT molecular complexity index is 1060. The highest BCUT2D eigenvalue weighted by Crippen LogP contribution is 2.42. The van der Waals surface area contributed by atoms with E-state index in [0.717, 1.165) is 41.8 Å². The van der Waals surface area contributed by atoms with Gasteiger partial charge < -0.3 is 4.90 Å². The van der Waals surface area contributed by atoms with E-state index in [9.17, 15) is 10.1 Å². The van der Waals surface area contributed by atoms with Crippen molar-refractivity contribution in [2.75, 3.05) is 11.4 Å². The second kappa shape index (κ2) is 6.33. The first kappa shape index (κ1) is 17.5. The predicted octanol–water partition coefficient (Wildman–Crippen LogP) is 4.14. The van der Waals surface area contributed by atoms with Gasteiger partial charge in [-0.3, -0.25) is 14.8 Å². The highest BCUT2D eigenvalue weighted by molar-refractivity contribution is 5.97. The fourth-order valence-electron chi connectivity index (χ4n) is 4.35. The van der Waals surface area contributed by atoms with Crippen LogP contribution in [0.25, 0.3) is 10.9 Å². The second-order valence-electron chi connectivity index (χ2n) is 7.27. The molecule has 0 amide bonds. The van der Waals surface area contributed by atoms with E-state index < -0.39 is 0 Å². The quantitative estimate of drug-likeness (QED) is 0.515. The standard InChI is InChI=1S/C20H23N5O2/c1-12-11-18(15-7-5-8-17(25(26)27)20(15)21-12)24-10-6-9-16(24)19-13(2)22-23(4)14(19)3/h5,7-8,11,16H,6,9-10H2,1-4H3. The van der Waals surface area contributed by atoms with Crippen LogP contribution in [0.4, 0.5) is 11.4 Å². The Labute approximate surface area is 157 Å². The minimum atomic E-state index is -0.352. The largest absolute Gasteiger partial charge is 0.364 e. The molecule has 0 aliphatic carbocycles. The molecule has 0 spiro atoms. The molecule has 0 radical (unpaired) electrons. The van der Waals surface area contributed by atoms with Crippen LogP contribution in [0, 0.1) is 30.9 Å². The van der Waals surface area contributed by atoms with Gasteiger partial charge in [0, 0.05) is 47.7 Å². The molecule has 0 bridgehead atoms. The number of hydrogen-bond donors (Lipinski definition) is 0. The zero-order chi connectivity index (χ0) is 19.3. The lowest BCUT2D eigenvalue weighted by Gasteiger charge is -2.29. The first-order valence-corrected chi connectivity index (χ1v) is 9.20. The number of nitrogens with zero attached hydrogens (tertiary/aromatic N) is 5. The Morgan fingerprint density at radius 1 is 1.26 bits per heavy atom. The number of aromatic nitrogens is 3. The molecule has 7 nitrogen and oxygen atoms in total. The minimum Gasteiger partial charge on any atom is -0.364 e. The molecular weight excluding hydrogens is 342 g/mol. The van der Waals surface area contributed by atoms with Gasteiger partial charge in [-0.15, -0.1) is 0 Å². The number of anilines is 1. The monoisotopic (exact) mass is 365 g/mol. The number of benzene rings is 1. The second-order valence-corrected chi connectivity index (χ2v) is 7.27. The summed E-state index contributed by atoms with van der Waals surface area (Å²) in [5, 5.41) is 16.9. The van der Waals surface area contributed by atoms with Gasteiger partial charge in [0.25, 0.3) is 5.69 Å². The molecule has 2 aromatic heterocycles. The van der Waals surface area contributed by atoms with Crippen molar-refractivity contribution in [2.24, 2.45) is 7.05 Å². The van der Waals surface area contributed by atoms with Crippen molar-refractivity contribution >= 4 is 22.3 Å². The van der Waals surface area contributed by atoms with E-state index in [4.69, 9.17) is 0 Å². The normalized spacial score (nSPS) is 17.0. The topological polar surface area (TPSA) is 77.1 Å². The molecule has 140 valence electrons. The molecule has 1 aliphatic rings. The zero-order valence-electron chi connectivity index (χ0n) is 16.1. The average molecular weight is 365 g/mol. The first-order chi connectivity index (χ1) is 12.9. The van der Waals surface area contributed by atoms with Crippen molar-refractivity contribution < 1.29 is 4.92 Å². The molecule has 1 saturated heterocycles. The maximum absolute atomic E-state index is 11.5. The van der Waals surface area contributed by atoms with E-state index in [2.05, 4.69) is 28.8 Å². The summed E-state index contributed by atoms with van der Waals surface area (Å²) in [7, 11) is 1.97. The maximum Gasteiger partial charge on any atom is 0.295 e. The Morgan fingerprint density at radius 2 is 2.04 bits per heavy atom. The van der Waals surface area contributed by atoms with E-state index in [1.54, 1.807) is 6.07 Å².